The number of nitrogens with zero attached hydrogens (tertiary/aromatic N) is 4. The topological polar surface area (TPSA) is 108 Å². The molecule has 0 aliphatic carbocycles. The second-order valence-corrected chi connectivity index (χ2v) is 11.3. The van der Waals surface area contributed by atoms with Gasteiger partial charge >= 0.3 is 0 Å². The zero-order valence-corrected chi connectivity index (χ0v) is 21.3. The molecule has 1 aliphatic rings. The molecule has 9 nitrogen and oxygen atoms in total. The first kappa shape index (κ1) is 24.2. The van der Waals surface area contributed by atoms with E-state index in [1.807, 2.05) is 31.2 Å². The first-order valence-electron chi connectivity index (χ1n) is 11.3. The van der Waals surface area contributed by atoms with E-state index in [9.17, 15) is 18.0 Å². The summed E-state index contributed by atoms with van der Waals surface area (Å²) in [6.45, 7) is 2.15. The fourth-order valence-electron chi connectivity index (χ4n) is 4.36. The quantitative estimate of drug-likeness (QED) is 0.431. The van der Waals surface area contributed by atoms with Crippen molar-refractivity contribution in [3.63, 3.8) is 0 Å². The fraction of sp³-hybridized carbons (Fsp3) is 0.240. The Kier molecular flexibility index (Phi) is 6.19. The van der Waals surface area contributed by atoms with Gasteiger partial charge in [-0.1, -0.05) is 35.9 Å². The van der Waals surface area contributed by atoms with Crippen LogP contribution in [0.3, 0.4) is 0 Å². The molecular weight excluding hydrogens is 502 g/mol. The van der Waals surface area contributed by atoms with E-state index in [1.165, 1.54) is 15.1 Å². The van der Waals surface area contributed by atoms with Gasteiger partial charge in [-0.25, -0.2) is 13.1 Å². The summed E-state index contributed by atoms with van der Waals surface area (Å²) in [5.74, 6) is -0.264. The van der Waals surface area contributed by atoms with Gasteiger partial charge in [0.1, 0.15) is 5.03 Å². The first-order valence-corrected chi connectivity index (χ1v) is 13.2. The van der Waals surface area contributed by atoms with E-state index in [1.54, 1.807) is 42.3 Å². The van der Waals surface area contributed by atoms with Gasteiger partial charge in [0.25, 0.3) is 15.6 Å². The van der Waals surface area contributed by atoms with E-state index in [4.69, 9.17) is 11.6 Å². The maximum atomic E-state index is 13.3. The normalized spacial score (nSPS) is 17.1. The third-order valence-electron chi connectivity index (χ3n) is 6.37. The number of nitrogens with one attached hydrogen (secondary N) is 1. The number of aromatic nitrogens is 3. The highest BCUT2D eigenvalue weighted by Crippen LogP contribution is 2.27. The Morgan fingerprint density at radius 2 is 1.81 bits per heavy atom. The SMILES string of the molecule is CC1CN(S(=O)(=O)c2cc3cc(Cl)ccc3[nH]2)CC(=O)N1Cc1ccc(-c2ccc(=O)n(C)n2)cc1. The monoisotopic (exact) mass is 525 g/mol. The van der Waals surface area contributed by atoms with Crippen molar-refractivity contribution in [2.45, 2.75) is 24.5 Å². The number of H-pyrrole nitrogens is 1. The minimum absolute atomic E-state index is 0.0378. The molecule has 1 fully saturated rings. The van der Waals surface area contributed by atoms with Crippen LogP contribution >= 0.6 is 11.6 Å². The van der Waals surface area contributed by atoms with Gasteiger partial charge in [-0.3, -0.25) is 9.59 Å². The lowest BCUT2D eigenvalue weighted by atomic mass is 10.1. The number of sulfonamides is 1. The summed E-state index contributed by atoms with van der Waals surface area (Å²) < 4.78 is 29.1. The van der Waals surface area contributed by atoms with Crippen molar-refractivity contribution in [2.75, 3.05) is 13.1 Å². The van der Waals surface area contributed by atoms with Crippen molar-refractivity contribution < 1.29 is 13.2 Å². The molecule has 4 aromatic rings. The third-order valence-corrected chi connectivity index (χ3v) is 8.34. The van der Waals surface area contributed by atoms with E-state index < -0.39 is 10.0 Å². The molecule has 0 radical (unpaired) electrons. The average Bonchev–Trinajstić information content (AvgIpc) is 3.27. The van der Waals surface area contributed by atoms with Crippen molar-refractivity contribution in [3.8, 4) is 11.3 Å². The van der Waals surface area contributed by atoms with Crippen molar-refractivity contribution in [2.24, 2.45) is 7.05 Å². The standard InChI is InChI=1S/C25H24ClN5O4S/c1-16-13-30(36(34,35)23-12-19-11-20(26)7-8-21(19)27-23)15-25(33)31(16)14-17-3-5-18(6-4-17)22-9-10-24(32)29(2)28-22/h3-12,16,27H,13-15H2,1-2H3. The van der Waals surface area contributed by atoms with E-state index in [-0.39, 0.29) is 35.6 Å². The van der Waals surface area contributed by atoms with Crippen LogP contribution in [0.5, 0.6) is 0 Å². The van der Waals surface area contributed by atoms with Crippen LogP contribution in [0.4, 0.5) is 0 Å². The molecule has 5 rings (SSSR count). The summed E-state index contributed by atoms with van der Waals surface area (Å²) in [6.07, 6.45) is 0. The fourth-order valence-corrected chi connectivity index (χ4v) is 6.03. The summed E-state index contributed by atoms with van der Waals surface area (Å²) in [4.78, 5) is 29.2. The van der Waals surface area contributed by atoms with Gasteiger partial charge in [0.15, 0.2) is 0 Å². The maximum absolute atomic E-state index is 13.3. The molecule has 0 saturated carbocycles. The summed E-state index contributed by atoms with van der Waals surface area (Å²) >= 11 is 6.02. The molecule has 0 bridgehead atoms. The van der Waals surface area contributed by atoms with Gasteiger partial charge in [0, 0.05) is 53.7 Å². The molecule has 36 heavy (non-hydrogen) atoms. The minimum Gasteiger partial charge on any atom is -0.345 e. The molecule has 2 aromatic carbocycles. The molecule has 0 spiro atoms. The van der Waals surface area contributed by atoms with Crippen LogP contribution in [0.2, 0.25) is 5.02 Å². The molecule has 1 amide bonds. The first-order chi connectivity index (χ1) is 17.1. The maximum Gasteiger partial charge on any atom is 0.266 e. The molecule has 186 valence electrons. The van der Waals surface area contributed by atoms with Crippen LogP contribution in [-0.2, 0) is 28.4 Å². The Labute approximate surface area is 213 Å². The summed E-state index contributed by atoms with van der Waals surface area (Å²) in [7, 11) is -2.29. The summed E-state index contributed by atoms with van der Waals surface area (Å²) in [6, 6.07) is 17.1. The molecule has 3 heterocycles. The number of aryl methyl sites for hydroxylation is 1. The number of benzene rings is 2. The van der Waals surface area contributed by atoms with Gasteiger partial charge in [0.2, 0.25) is 5.91 Å². The Bertz CT molecular complexity index is 1630. The lowest BCUT2D eigenvalue weighted by molar-refractivity contribution is -0.137. The number of hydrogen-bond acceptors (Lipinski definition) is 5. The number of piperazine rings is 1. The smallest absolute Gasteiger partial charge is 0.266 e. The molecule has 1 atom stereocenters. The van der Waals surface area contributed by atoms with E-state index >= 15 is 0 Å². The third kappa shape index (κ3) is 4.55. The highest BCUT2D eigenvalue weighted by Gasteiger charge is 2.37. The Morgan fingerprint density at radius 1 is 1.06 bits per heavy atom. The molecular formula is C25H24ClN5O4S. The van der Waals surface area contributed by atoms with Crippen molar-refractivity contribution in [1.29, 1.82) is 0 Å². The number of halogens is 1. The van der Waals surface area contributed by atoms with Gasteiger partial charge in [-0.05, 0) is 42.8 Å². The van der Waals surface area contributed by atoms with Gasteiger partial charge in [-0.15, -0.1) is 0 Å². The van der Waals surface area contributed by atoms with Crippen molar-refractivity contribution in [1.82, 2.24) is 24.0 Å². The second kappa shape index (κ2) is 9.20. The Balaban J connectivity index is 1.30. The zero-order valence-electron chi connectivity index (χ0n) is 19.7. The average molecular weight is 526 g/mol. The zero-order chi connectivity index (χ0) is 25.6. The number of fused-ring (bicyclic) bond motifs is 1. The molecule has 1 aliphatic heterocycles. The Hall–Kier alpha value is -3.47. The second-order valence-electron chi connectivity index (χ2n) is 8.91. The van der Waals surface area contributed by atoms with E-state index in [2.05, 4.69) is 10.1 Å². The molecule has 11 heteroatoms. The number of carbonyl (C=O) groups is 1. The number of amides is 1. The van der Waals surface area contributed by atoms with Crippen LogP contribution in [0, 0.1) is 0 Å². The van der Waals surface area contributed by atoms with Crippen molar-refractivity contribution in [3.05, 3.63) is 81.6 Å². The van der Waals surface area contributed by atoms with Gasteiger partial charge in [-0.2, -0.15) is 9.40 Å². The van der Waals surface area contributed by atoms with Crippen LogP contribution in [-0.4, -0.2) is 57.4 Å². The predicted molar refractivity (Wildman–Crippen MR) is 137 cm³/mol. The van der Waals surface area contributed by atoms with E-state index in [0.717, 1.165) is 11.1 Å². The van der Waals surface area contributed by atoms with Crippen LogP contribution < -0.4 is 5.56 Å². The summed E-state index contributed by atoms with van der Waals surface area (Å²) in [5.41, 5.74) is 2.91. The van der Waals surface area contributed by atoms with Crippen LogP contribution in [0.25, 0.3) is 22.2 Å². The number of rotatable bonds is 5. The lowest BCUT2D eigenvalue weighted by Gasteiger charge is -2.38. The van der Waals surface area contributed by atoms with Crippen LogP contribution in [0.15, 0.2) is 70.5 Å². The number of carbonyl (C=O) groups excluding carboxylic acids is 1. The van der Waals surface area contributed by atoms with Gasteiger partial charge < -0.3 is 9.88 Å². The lowest BCUT2D eigenvalue weighted by Crippen LogP contribution is -2.56. The van der Waals surface area contributed by atoms with Crippen LogP contribution in [0.1, 0.15) is 12.5 Å². The predicted octanol–water partition coefficient (Wildman–Crippen LogP) is 3.00. The summed E-state index contributed by atoms with van der Waals surface area (Å²) in [5, 5.41) is 5.50. The molecule has 1 N–H and O–H groups in total. The van der Waals surface area contributed by atoms with Gasteiger partial charge in [0.05, 0.1) is 12.2 Å². The highest BCUT2D eigenvalue weighted by atomic mass is 35.5. The minimum atomic E-state index is -3.89. The Morgan fingerprint density at radius 3 is 2.50 bits per heavy atom. The van der Waals surface area contributed by atoms with Crippen molar-refractivity contribution >= 4 is 38.4 Å². The number of hydrogen-bond donors (Lipinski definition) is 1. The largest absolute Gasteiger partial charge is 0.345 e. The van der Waals surface area contributed by atoms with E-state index in [0.29, 0.717) is 28.2 Å². The highest BCUT2D eigenvalue weighted by molar-refractivity contribution is 7.89. The molecule has 1 unspecified atom stereocenters. The molecule has 1 saturated heterocycles. The number of aromatic amines is 1. The molecule has 2 aromatic heterocycles.